The molecule has 5 nitrogen and oxygen atoms in total. The molecule has 5 heteroatoms. The third-order valence-electron chi connectivity index (χ3n) is 2.56. The van der Waals surface area contributed by atoms with Crippen LogP contribution in [0, 0.1) is 0 Å². The van der Waals surface area contributed by atoms with Crippen molar-refractivity contribution in [2.45, 2.75) is 6.42 Å². The number of carboxylic acid groups (broad SMARTS) is 1. The van der Waals surface area contributed by atoms with Gasteiger partial charge in [-0.3, -0.25) is 0 Å². The summed E-state index contributed by atoms with van der Waals surface area (Å²) in [5.41, 5.74) is 1.62. The lowest BCUT2D eigenvalue weighted by atomic mass is 10.0. The predicted octanol–water partition coefficient (Wildman–Crippen LogP) is -1.16. The lowest BCUT2D eigenvalue weighted by Gasteiger charge is -2.13. The number of carbonyl (C=O) groups excluding carboxylic acids is 1. The standard InChI is InChI=1S/C11H11NO4/c13-9-3-7-1-2-12(6-11(15)16)5-8(7)4-10(9)14/h3-5H,1-2,6H2,(H2,14,15,16). The molecule has 0 unspecified atom stereocenters. The molecular weight excluding hydrogens is 210 g/mol. The Balaban J connectivity index is 2.36. The lowest BCUT2D eigenvalue weighted by Crippen LogP contribution is -2.35. The molecule has 2 N–H and O–H groups in total. The van der Waals surface area contributed by atoms with E-state index in [1.165, 1.54) is 12.1 Å². The second-order valence-electron chi connectivity index (χ2n) is 3.76. The highest BCUT2D eigenvalue weighted by Crippen LogP contribution is 2.28. The van der Waals surface area contributed by atoms with E-state index in [9.17, 15) is 20.1 Å². The first-order valence-corrected chi connectivity index (χ1v) is 4.90. The number of rotatable bonds is 2. The largest absolute Gasteiger partial charge is 0.544 e. The maximum absolute atomic E-state index is 10.4. The van der Waals surface area contributed by atoms with Gasteiger partial charge in [0.15, 0.2) is 24.3 Å². The van der Waals surface area contributed by atoms with Gasteiger partial charge in [-0.05, 0) is 17.7 Å². The van der Waals surface area contributed by atoms with E-state index in [0.29, 0.717) is 13.0 Å². The summed E-state index contributed by atoms with van der Waals surface area (Å²) in [7, 11) is 0. The molecule has 0 fully saturated rings. The minimum Gasteiger partial charge on any atom is -0.544 e. The van der Waals surface area contributed by atoms with E-state index < -0.39 is 5.97 Å². The molecule has 0 aliphatic carbocycles. The van der Waals surface area contributed by atoms with E-state index in [0.717, 1.165) is 11.1 Å². The molecule has 1 aromatic rings. The summed E-state index contributed by atoms with van der Waals surface area (Å²) < 4.78 is 1.61. The Morgan fingerprint density at radius 2 is 2.06 bits per heavy atom. The number of benzene rings is 1. The molecule has 16 heavy (non-hydrogen) atoms. The van der Waals surface area contributed by atoms with E-state index in [2.05, 4.69) is 0 Å². The Morgan fingerprint density at radius 1 is 1.38 bits per heavy atom. The minimum atomic E-state index is -1.14. The normalized spacial score (nSPS) is 14.1. The van der Waals surface area contributed by atoms with Crippen molar-refractivity contribution in [3.63, 3.8) is 0 Å². The number of fused-ring (bicyclic) bond motifs is 1. The second kappa shape index (κ2) is 3.84. The lowest BCUT2D eigenvalue weighted by molar-refractivity contribution is -0.524. The van der Waals surface area contributed by atoms with Crippen molar-refractivity contribution in [2.24, 2.45) is 0 Å². The highest BCUT2D eigenvalue weighted by atomic mass is 16.4. The first-order chi connectivity index (χ1) is 7.56. The van der Waals surface area contributed by atoms with E-state index in [-0.39, 0.29) is 18.0 Å². The number of carbonyl (C=O) groups is 1. The van der Waals surface area contributed by atoms with Gasteiger partial charge in [-0.2, -0.15) is 0 Å². The van der Waals surface area contributed by atoms with E-state index in [1.807, 2.05) is 0 Å². The number of aliphatic carboxylic acids is 1. The molecular formula is C11H11NO4. The molecule has 0 aromatic heterocycles. The molecule has 0 saturated heterocycles. The number of aromatic hydroxyl groups is 2. The Hall–Kier alpha value is -2.04. The van der Waals surface area contributed by atoms with Crippen LogP contribution in [0.3, 0.4) is 0 Å². The SMILES string of the molecule is O=C([O-])C[N+]1=Cc2cc(O)c(O)cc2CC1. The van der Waals surface area contributed by atoms with Crippen LogP contribution in [0.4, 0.5) is 0 Å². The number of phenolic OH excluding ortho intramolecular Hbond substituents is 2. The third kappa shape index (κ3) is 1.98. The van der Waals surface area contributed by atoms with Gasteiger partial charge >= 0.3 is 0 Å². The van der Waals surface area contributed by atoms with Gasteiger partial charge in [0.25, 0.3) is 0 Å². The molecule has 1 aromatic carbocycles. The minimum absolute atomic E-state index is 0.152. The Bertz CT molecular complexity index is 479. The number of nitrogens with zero attached hydrogens (tertiary/aromatic N) is 1. The molecule has 84 valence electrons. The molecule has 2 rings (SSSR count). The highest BCUT2D eigenvalue weighted by Gasteiger charge is 2.18. The summed E-state index contributed by atoms with van der Waals surface area (Å²) in [6, 6.07) is 2.92. The van der Waals surface area contributed by atoms with Crippen molar-refractivity contribution in [3.05, 3.63) is 23.3 Å². The zero-order valence-electron chi connectivity index (χ0n) is 8.51. The number of hydrogen-bond acceptors (Lipinski definition) is 4. The van der Waals surface area contributed by atoms with Gasteiger partial charge in [0.1, 0.15) is 12.5 Å². The topological polar surface area (TPSA) is 83.6 Å². The smallest absolute Gasteiger partial charge is 0.182 e. The summed E-state index contributed by atoms with van der Waals surface area (Å²) in [5.74, 6) is -1.49. The summed E-state index contributed by atoms with van der Waals surface area (Å²) in [4.78, 5) is 10.4. The quantitative estimate of drug-likeness (QED) is 0.487. The van der Waals surface area contributed by atoms with Crippen molar-refractivity contribution >= 4 is 12.2 Å². The fourth-order valence-electron chi connectivity index (χ4n) is 1.79. The highest BCUT2D eigenvalue weighted by molar-refractivity contribution is 5.81. The monoisotopic (exact) mass is 221 g/mol. The van der Waals surface area contributed by atoms with Crippen LogP contribution in [0.15, 0.2) is 12.1 Å². The van der Waals surface area contributed by atoms with Crippen LogP contribution in [0.1, 0.15) is 11.1 Å². The maximum Gasteiger partial charge on any atom is 0.182 e. The fourth-order valence-corrected chi connectivity index (χ4v) is 1.79. The van der Waals surface area contributed by atoms with Gasteiger partial charge < -0.3 is 20.1 Å². The summed E-state index contributed by atoms with van der Waals surface area (Å²) >= 11 is 0. The van der Waals surface area contributed by atoms with Crippen LogP contribution < -0.4 is 5.11 Å². The van der Waals surface area contributed by atoms with Crippen molar-refractivity contribution in [1.82, 2.24) is 0 Å². The van der Waals surface area contributed by atoms with Crippen LogP contribution in [0.2, 0.25) is 0 Å². The van der Waals surface area contributed by atoms with Gasteiger partial charge in [-0.1, -0.05) is 0 Å². The predicted molar refractivity (Wildman–Crippen MR) is 53.6 cm³/mol. The molecule has 0 amide bonds. The second-order valence-corrected chi connectivity index (χ2v) is 3.76. The van der Waals surface area contributed by atoms with E-state index in [4.69, 9.17) is 0 Å². The molecule has 1 aliphatic heterocycles. The molecule has 0 bridgehead atoms. The first-order valence-electron chi connectivity index (χ1n) is 4.90. The average Bonchev–Trinajstić information content (AvgIpc) is 2.19. The molecule has 0 spiro atoms. The third-order valence-corrected chi connectivity index (χ3v) is 2.56. The van der Waals surface area contributed by atoms with Crippen LogP contribution in [-0.2, 0) is 11.2 Å². The Morgan fingerprint density at radius 3 is 2.75 bits per heavy atom. The zero-order chi connectivity index (χ0) is 11.7. The number of carboxylic acids is 1. The Labute approximate surface area is 91.9 Å². The molecule has 1 aliphatic rings. The zero-order valence-corrected chi connectivity index (χ0v) is 8.51. The van der Waals surface area contributed by atoms with E-state index >= 15 is 0 Å². The maximum atomic E-state index is 10.4. The van der Waals surface area contributed by atoms with Crippen molar-refractivity contribution < 1.29 is 24.7 Å². The number of phenols is 2. The van der Waals surface area contributed by atoms with Crippen LogP contribution in [-0.4, -0.2) is 40.1 Å². The fraction of sp³-hybridized carbons (Fsp3) is 0.273. The van der Waals surface area contributed by atoms with Crippen molar-refractivity contribution in [3.8, 4) is 11.5 Å². The van der Waals surface area contributed by atoms with E-state index in [1.54, 1.807) is 10.8 Å². The average molecular weight is 221 g/mol. The Kier molecular flexibility index (Phi) is 2.52. The van der Waals surface area contributed by atoms with Crippen LogP contribution in [0.25, 0.3) is 0 Å². The van der Waals surface area contributed by atoms with Crippen molar-refractivity contribution in [2.75, 3.05) is 13.1 Å². The molecule has 0 saturated carbocycles. The number of hydrogen-bond donors (Lipinski definition) is 2. The van der Waals surface area contributed by atoms with Crippen molar-refractivity contribution in [1.29, 1.82) is 0 Å². The summed E-state index contributed by atoms with van der Waals surface area (Å²) in [5, 5.41) is 29.1. The summed E-state index contributed by atoms with van der Waals surface area (Å²) in [6.07, 6.45) is 2.28. The van der Waals surface area contributed by atoms with Crippen LogP contribution >= 0.6 is 0 Å². The first kappa shape index (κ1) is 10.5. The van der Waals surface area contributed by atoms with Gasteiger partial charge in [0.2, 0.25) is 0 Å². The molecule has 0 radical (unpaired) electrons. The van der Waals surface area contributed by atoms with Crippen LogP contribution in [0.5, 0.6) is 11.5 Å². The van der Waals surface area contributed by atoms with Gasteiger partial charge in [0.05, 0.1) is 0 Å². The summed E-state index contributed by atoms with van der Waals surface area (Å²) in [6.45, 7) is 0.395. The van der Waals surface area contributed by atoms with Gasteiger partial charge in [0, 0.05) is 12.0 Å². The molecule has 0 atom stereocenters. The van der Waals surface area contributed by atoms with Gasteiger partial charge in [-0.25, -0.2) is 4.58 Å². The van der Waals surface area contributed by atoms with Gasteiger partial charge in [-0.15, -0.1) is 0 Å². The molecule has 1 heterocycles.